The second kappa shape index (κ2) is 2.84. The third-order valence-corrected chi connectivity index (χ3v) is 3.49. The molecule has 3 rings (SSSR count). The van der Waals surface area contributed by atoms with E-state index in [1.807, 2.05) is 0 Å². The first-order valence-electron chi connectivity index (χ1n) is 4.74. The monoisotopic (exact) mass is 250 g/mol. The van der Waals surface area contributed by atoms with Crippen LogP contribution in [0.15, 0.2) is 22.7 Å². The van der Waals surface area contributed by atoms with Crippen LogP contribution in [0.5, 0.6) is 0 Å². The van der Waals surface area contributed by atoms with Crippen molar-refractivity contribution in [1.29, 1.82) is 0 Å². The Morgan fingerprint density at radius 3 is 3.07 bits per heavy atom. The van der Waals surface area contributed by atoms with E-state index in [9.17, 15) is 0 Å². The summed E-state index contributed by atoms with van der Waals surface area (Å²) < 4.78 is 3.45. The molecule has 0 bridgehead atoms. The number of hydrogen-bond acceptors (Lipinski definition) is 1. The molecule has 0 radical (unpaired) electrons. The number of rotatable bonds is 0. The van der Waals surface area contributed by atoms with Gasteiger partial charge in [-0.15, -0.1) is 0 Å². The highest BCUT2D eigenvalue weighted by Crippen LogP contribution is 2.30. The Hall–Kier alpha value is -0.800. The van der Waals surface area contributed by atoms with Crippen LogP contribution >= 0.6 is 15.9 Å². The summed E-state index contributed by atoms with van der Waals surface area (Å²) in [6.07, 6.45) is 0. The summed E-state index contributed by atoms with van der Waals surface area (Å²) >= 11 is 3.52. The molecule has 14 heavy (non-hydrogen) atoms. The largest absolute Gasteiger partial charge is 0.346 e. The molecule has 2 heterocycles. The smallest absolute Gasteiger partial charge is 0.0484 e. The van der Waals surface area contributed by atoms with Crippen molar-refractivity contribution in [3.8, 4) is 0 Å². The average molecular weight is 251 g/mol. The molecule has 1 N–H and O–H groups in total. The molecule has 0 amide bonds. The average Bonchev–Trinajstić information content (AvgIpc) is 2.71. The van der Waals surface area contributed by atoms with Crippen molar-refractivity contribution in [2.75, 3.05) is 0 Å². The molecule has 2 aromatic rings. The highest BCUT2D eigenvalue weighted by Gasteiger charge is 2.18. The number of aromatic nitrogens is 1. The van der Waals surface area contributed by atoms with Gasteiger partial charge in [0, 0.05) is 41.2 Å². The van der Waals surface area contributed by atoms with Gasteiger partial charge in [0.25, 0.3) is 0 Å². The number of nitrogens with one attached hydrogen (secondary N) is 1. The predicted molar refractivity (Wildman–Crippen MR) is 61.2 cm³/mol. The van der Waals surface area contributed by atoms with Crippen molar-refractivity contribution < 1.29 is 0 Å². The number of halogens is 1. The van der Waals surface area contributed by atoms with Crippen molar-refractivity contribution in [3.63, 3.8) is 0 Å². The molecule has 0 atom stereocenters. The van der Waals surface area contributed by atoms with Crippen LogP contribution in [0.2, 0.25) is 0 Å². The van der Waals surface area contributed by atoms with E-state index in [0.717, 1.165) is 17.6 Å². The molecule has 1 aromatic heterocycles. The second-order valence-electron chi connectivity index (χ2n) is 3.75. The van der Waals surface area contributed by atoms with Crippen LogP contribution in [0.25, 0.3) is 10.9 Å². The molecule has 0 unspecified atom stereocenters. The minimum Gasteiger partial charge on any atom is -0.346 e. The molecule has 0 saturated heterocycles. The zero-order valence-electron chi connectivity index (χ0n) is 7.97. The second-order valence-corrected chi connectivity index (χ2v) is 4.66. The van der Waals surface area contributed by atoms with Crippen molar-refractivity contribution in [2.45, 2.75) is 13.1 Å². The van der Waals surface area contributed by atoms with Gasteiger partial charge in [0.1, 0.15) is 0 Å². The maximum Gasteiger partial charge on any atom is 0.0484 e. The molecular formula is C11H11BrN2. The summed E-state index contributed by atoms with van der Waals surface area (Å²) in [5.41, 5.74) is 4.22. The first kappa shape index (κ1) is 8.50. The van der Waals surface area contributed by atoms with Gasteiger partial charge in [-0.25, -0.2) is 0 Å². The van der Waals surface area contributed by atoms with Crippen LogP contribution < -0.4 is 5.32 Å². The third kappa shape index (κ3) is 0.996. The number of nitrogens with zero attached hydrogens (tertiary/aromatic N) is 1. The number of fused-ring (bicyclic) bond motifs is 3. The minimum absolute atomic E-state index is 0.998. The molecule has 1 aromatic carbocycles. The molecule has 0 fully saturated rings. The van der Waals surface area contributed by atoms with Crippen LogP contribution in [0.4, 0.5) is 0 Å². The Balaban J connectivity index is 2.45. The van der Waals surface area contributed by atoms with Gasteiger partial charge >= 0.3 is 0 Å². The molecule has 0 aliphatic carbocycles. The van der Waals surface area contributed by atoms with Crippen LogP contribution in [0, 0.1) is 0 Å². The van der Waals surface area contributed by atoms with E-state index in [2.05, 4.69) is 51.1 Å². The van der Waals surface area contributed by atoms with Crippen LogP contribution in [0.1, 0.15) is 11.3 Å². The van der Waals surface area contributed by atoms with E-state index in [1.165, 1.54) is 22.2 Å². The van der Waals surface area contributed by atoms with E-state index in [4.69, 9.17) is 0 Å². The summed E-state index contributed by atoms with van der Waals surface area (Å²) in [6.45, 7) is 2.00. The molecule has 0 spiro atoms. The topological polar surface area (TPSA) is 17.0 Å². The first-order valence-corrected chi connectivity index (χ1v) is 5.53. The maximum absolute atomic E-state index is 3.52. The minimum atomic E-state index is 0.998. The molecule has 1 aliphatic heterocycles. The Morgan fingerprint density at radius 1 is 1.36 bits per heavy atom. The normalized spacial score (nSPS) is 15.0. The number of benzene rings is 1. The van der Waals surface area contributed by atoms with Crippen molar-refractivity contribution in [1.82, 2.24) is 9.88 Å². The lowest BCUT2D eigenvalue weighted by atomic mass is 10.1. The van der Waals surface area contributed by atoms with E-state index in [-0.39, 0.29) is 0 Å². The lowest BCUT2D eigenvalue weighted by Gasteiger charge is -2.01. The van der Waals surface area contributed by atoms with Gasteiger partial charge in [-0.1, -0.05) is 15.9 Å². The highest BCUT2D eigenvalue weighted by atomic mass is 79.9. The van der Waals surface area contributed by atoms with E-state index >= 15 is 0 Å². The van der Waals surface area contributed by atoms with Crippen LogP contribution in [-0.4, -0.2) is 4.57 Å². The van der Waals surface area contributed by atoms with Gasteiger partial charge in [-0.2, -0.15) is 0 Å². The fraction of sp³-hybridized carbons (Fsp3) is 0.273. The summed E-state index contributed by atoms with van der Waals surface area (Å²) in [5, 5.41) is 4.76. The highest BCUT2D eigenvalue weighted by molar-refractivity contribution is 9.10. The molecule has 2 nitrogen and oxygen atoms in total. The molecule has 72 valence electrons. The fourth-order valence-corrected chi connectivity index (χ4v) is 2.64. The Morgan fingerprint density at radius 2 is 2.21 bits per heavy atom. The van der Waals surface area contributed by atoms with Crippen LogP contribution in [0.3, 0.4) is 0 Å². The first-order chi connectivity index (χ1) is 6.77. The quantitative estimate of drug-likeness (QED) is 0.761. The van der Waals surface area contributed by atoms with Gasteiger partial charge in [-0.3, -0.25) is 0 Å². The third-order valence-electron chi connectivity index (χ3n) is 2.99. The number of aryl methyl sites for hydroxylation is 1. The summed E-state index contributed by atoms with van der Waals surface area (Å²) in [4.78, 5) is 0. The van der Waals surface area contributed by atoms with Gasteiger partial charge in [-0.05, 0) is 23.8 Å². The van der Waals surface area contributed by atoms with E-state index < -0.39 is 0 Å². The van der Waals surface area contributed by atoms with Gasteiger partial charge in [0.2, 0.25) is 0 Å². The van der Waals surface area contributed by atoms with Crippen molar-refractivity contribution in [2.24, 2.45) is 7.05 Å². The number of hydrogen-bond donors (Lipinski definition) is 1. The zero-order valence-corrected chi connectivity index (χ0v) is 9.56. The maximum atomic E-state index is 3.52. The Bertz CT molecular complexity index is 513. The van der Waals surface area contributed by atoms with Gasteiger partial charge < -0.3 is 9.88 Å². The molecule has 0 saturated carbocycles. The van der Waals surface area contributed by atoms with Gasteiger partial charge in [0.15, 0.2) is 0 Å². The summed E-state index contributed by atoms with van der Waals surface area (Å²) in [7, 11) is 2.14. The molecule has 1 aliphatic rings. The summed E-state index contributed by atoms with van der Waals surface area (Å²) in [5.74, 6) is 0. The standard InChI is InChI=1S/C11H11BrN2/c1-14-10-3-2-7(12)4-8(10)9-5-13-6-11(9)14/h2-4,13H,5-6H2,1H3. The predicted octanol–water partition coefficient (Wildman–Crippen LogP) is 2.54. The zero-order chi connectivity index (χ0) is 9.71. The van der Waals surface area contributed by atoms with Crippen molar-refractivity contribution in [3.05, 3.63) is 33.9 Å². The van der Waals surface area contributed by atoms with Gasteiger partial charge in [0.05, 0.1) is 0 Å². The lowest BCUT2D eigenvalue weighted by molar-refractivity contribution is 0.733. The lowest BCUT2D eigenvalue weighted by Crippen LogP contribution is -2.04. The Labute approximate surface area is 91.0 Å². The van der Waals surface area contributed by atoms with Crippen molar-refractivity contribution >= 4 is 26.8 Å². The summed E-state index contributed by atoms with van der Waals surface area (Å²) in [6, 6.07) is 6.49. The van der Waals surface area contributed by atoms with E-state index in [0.29, 0.717) is 0 Å². The SMILES string of the molecule is Cn1c2c(c3cc(Br)ccc31)CNC2. The molecule has 3 heteroatoms. The Kier molecular flexibility index (Phi) is 1.73. The fourth-order valence-electron chi connectivity index (χ4n) is 2.27. The molecular weight excluding hydrogens is 240 g/mol. The van der Waals surface area contributed by atoms with Crippen LogP contribution in [-0.2, 0) is 20.1 Å². The van der Waals surface area contributed by atoms with E-state index in [1.54, 1.807) is 0 Å².